The van der Waals surface area contributed by atoms with E-state index in [-0.39, 0.29) is 48.8 Å². The van der Waals surface area contributed by atoms with Gasteiger partial charge in [0.1, 0.15) is 30.5 Å². The summed E-state index contributed by atoms with van der Waals surface area (Å²) in [6, 6.07) is 10.5. The van der Waals surface area contributed by atoms with Crippen LogP contribution < -0.4 is 4.78 Å². The second-order valence-corrected chi connectivity index (χ2v) is 38.0. The molecule has 2 aliphatic rings. The van der Waals surface area contributed by atoms with E-state index in [4.69, 9.17) is 43.4 Å². The van der Waals surface area contributed by atoms with Crippen molar-refractivity contribution in [2.75, 3.05) is 6.61 Å². The standard InChI is InChI=1S/C35H62BClO7SSi4/c1-34(2)35(3,4)44-36(43-34)29-20-18-26(45-29)22-25-21-24(17-19-27(25)37)30-32(41-48(11,12)13)33(42-49(14,15)16)31(40-47(8,9)10)28(39-30)23-38-46(5,6)7/h17-21,28,30-33H,22-23H2,1-16H3/t28-,30+,31-,32+,33+/m1/s1. The second kappa shape index (κ2) is 14.9. The molecule has 0 aliphatic carbocycles. The maximum Gasteiger partial charge on any atom is 0.505 e. The van der Waals surface area contributed by atoms with E-state index in [2.05, 4.69) is 131 Å². The van der Waals surface area contributed by atoms with E-state index in [1.807, 2.05) is 6.07 Å². The van der Waals surface area contributed by atoms with Crippen molar-refractivity contribution in [2.45, 2.75) is 154 Å². The first-order valence-corrected chi connectivity index (χ1v) is 32.5. The lowest BCUT2D eigenvalue weighted by atomic mass is 9.88. The van der Waals surface area contributed by atoms with Gasteiger partial charge < -0.3 is 31.7 Å². The quantitative estimate of drug-likeness (QED) is 0.188. The molecular weight excluding hydrogens is 723 g/mol. The van der Waals surface area contributed by atoms with Crippen molar-refractivity contribution < 1.29 is 31.7 Å². The summed E-state index contributed by atoms with van der Waals surface area (Å²) in [7, 11) is -8.38. The van der Waals surface area contributed by atoms with Crippen LogP contribution in [0.5, 0.6) is 0 Å². The van der Waals surface area contributed by atoms with E-state index in [9.17, 15) is 0 Å². The lowest BCUT2D eigenvalue weighted by molar-refractivity contribution is -0.216. The van der Waals surface area contributed by atoms with Crippen LogP contribution in [0.1, 0.15) is 49.8 Å². The smallest absolute Gasteiger partial charge is 0.415 e. The van der Waals surface area contributed by atoms with Gasteiger partial charge in [-0.3, -0.25) is 0 Å². The number of rotatable bonds is 13. The Balaban J connectivity index is 1.73. The molecule has 2 aliphatic heterocycles. The zero-order valence-electron chi connectivity index (χ0n) is 32.9. The molecule has 14 heteroatoms. The predicted octanol–water partition coefficient (Wildman–Crippen LogP) is 9.24. The Morgan fingerprint density at radius 1 is 0.714 bits per heavy atom. The molecule has 0 radical (unpaired) electrons. The first-order chi connectivity index (χ1) is 22.1. The molecule has 1 aromatic heterocycles. The van der Waals surface area contributed by atoms with Crippen LogP contribution in [0.15, 0.2) is 30.3 Å². The normalized spacial score (nSPS) is 26.4. The van der Waals surface area contributed by atoms with Crippen molar-refractivity contribution in [1.82, 2.24) is 0 Å². The molecule has 0 amide bonds. The SMILES string of the molecule is CC1(C)OB(c2ccc(Cc3cc([C@@H]4O[C@H](CO[Si](C)(C)C)[C@@H](O[Si](C)(C)C)[C@H](O[Si](C)(C)C)[C@H]4O[Si](C)(C)C)ccc3Cl)s2)OC1(C)C. The molecular formula is C35H62BClO7SSi4. The van der Waals surface area contributed by atoms with Crippen LogP contribution in [0, 0.1) is 0 Å². The lowest BCUT2D eigenvalue weighted by Gasteiger charge is -2.51. The van der Waals surface area contributed by atoms with Gasteiger partial charge in [-0.2, -0.15) is 0 Å². The van der Waals surface area contributed by atoms with Crippen LogP contribution in [0.4, 0.5) is 0 Å². The molecule has 2 fully saturated rings. The maximum absolute atomic E-state index is 7.14. The number of benzene rings is 1. The van der Waals surface area contributed by atoms with Gasteiger partial charge in [-0.15, -0.1) is 11.3 Å². The Morgan fingerprint density at radius 2 is 1.24 bits per heavy atom. The van der Waals surface area contributed by atoms with Gasteiger partial charge >= 0.3 is 7.12 Å². The highest BCUT2D eigenvalue weighted by Gasteiger charge is 2.53. The summed E-state index contributed by atoms with van der Waals surface area (Å²) < 4.78 is 48.6. The van der Waals surface area contributed by atoms with Crippen molar-refractivity contribution >= 4 is 68.1 Å². The zero-order valence-corrected chi connectivity index (χ0v) is 38.5. The highest BCUT2D eigenvalue weighted by atomic mass is 35.5. The van der Waals surface area contributed by atoms with Crippen LogP contribution in [0.2, 0.25) is 83.6 Å². The monoisotopic (exact) mass is 784 g/mol. The summed E-state index contributed by atoms with van der Waals surface area (Å²) in [4.78, 5) is 1.19. The topological polar surface area (TPSA) is 64.6 Å². The van der Waals surface area contributed by atoms with Crippen molar-refractivity contribution in [3.63, 3.8) is 0 Å². The van der Waals surface area contributed by atoms with Crippen molar-refractivity contribution in [3.05, 3.63) is 51.4 Å². The van der Waals surface area contributed by atoms with Crippen LogP contribution in [0.3, 0.4) is 0 Å². The van der Waals surface area contributed by atoms with Gasteiger partial charge in [-0.05, 0) is 130 Å². The Labute approximate surface area is 310 Å². The molecule has 5 atom stereocenters. The van der Waals surface area contributed by atoms with E-state index >= 15 is 0 Å². The molecule has 3 heterocycles. The lowest BCUT2D eigenvalue weighted by Crippen LogP contribution is -2.63. The third kappa shape index (κ3) is 11.4. The minimum atomic E-state index is -2.07. The van der Waals surface area contributed by atoms with E-state index < -0.39 is 33.3 Å². The first-order valence-electron chi connectivity index (χ1n) is 17.7. The fourth-order valence-corrected chi connectivity index (χ4v) is 11.1. The number of ether oxygens (including phenoxy) is 1. The average molecular weight is 786 g/mol. The van der Waals surface area contributed by atoms with Gasteiger partial charge in [0.2, 0.25) is 0 Å². The Bertz CT molecular complexity index is 1410. The molecule has 276 valence electrons. The number of hydrogen-bond donors (Lipinski definition) is 0. The molecule has 0 unspecified atom stereocenters. The average Bonchev–Trinajstić information content (AvgIpc) is 3.45. The Hall–Kier alpha value is -0.138. The van der Waals surface area contributed by atoms with Crippen molar-refractivity contribution in [1.29, 1.82) is 0 Å². The summed E-state index contributed by atoms with van der Waals surface area (Å²) in [6.07, 6.45) is -0.985. The van der Waals surface area contributed by atoms with Gasteiger partial charge in [0.05, 0.1) is 17.8 Å². The molecule has 7 nitrogen and oxygen atoms in total. The summed E-state index contributed by atoms with van der Waals surface area (Å²) in [5.41, 5.74) is 1.29. The fraction of sp³-hybridized carbons (Fsp3) is 0.714. The van der Waals surface area contributed by atoms with E-state index in [0.717, 1.165) is 20.9 Å². The molecule has 0 saturated carbocycles. The van der Waals surface area contributed by atoms with Gasteiger partial charge in [0.15, 0.2) is 33.3 Å². The third-order valence-corrected chi connectivity index (χ3v) is 14.2. The van der Waals surface area contributed by atoms with Crippen molar-refractivity contribution in [3.8, 4) is 0 Å². The van der Waals surface area contributed by atoms with Gasteiger partial charge in [0.25, 0.3) is 0 Å². The van der Waals surface area contributed by atoms with E-state index in [0.29, 0.717) is 13.0 Å². The molecule has 49 heavy (non-hydrogen) atoms. The largest absolute Gasteiger partial charge is 0.505 e. The fourth-order valence-electron chi connectivity index (χ4n) is 5.95. The molecule has 0 N–H and O–H groups in total. The van der Waals surface area contributed by atoms with Gasteiger partial charge in [-0.25, -0.2) is 0 Å². The van der Waals surface area contributed by atoms with Crippen LogP contribution >= 0.6 is 22.9 Å². The molecule has 0 bridgehead atoms. The molecule has 2 aromatic rings. The minimum absolute atomic E-state index is 0.307. The van der Waals surface area contributed by atoms with Gasteiger partial charge in [0, 0.05) is 21.1 Å². The van der Waals surface area contributed by atoms with Crippen molar-refractivity contribution in [2.24, 2.45) is 0 Å². The minimum Gasteiger partial charge on any atom is -0.415 e. The molecule has 2 saturated heterocycles. The molecule has 4 rings (SSSR count). The maximum atomic E-state index is 7.14. The number of thiophene rings is 1. The first kappa shape index (κ1) is 41.6. The number of halogens is 1. The highest BCUT2D eigenvalue weighted by molar-refractivity contribution is 7.22. The van der Waals surface area contributed by atoms with E-state index in [1.54, 1.807) is 11.3 Å². The predicted molar refractivity (Wildman–Crippen MR) is 216 cm³/mol. The summed E-state index contributed by atoms with van der Waals surface area (Å²) in [6.45, 7) is 35.5. The van der Waals surface area contributed by atoms with E-state index in [1.165, 1.54) is 4.88 Å². The highest BCUT2D eigenvalue weighted by Crippen LogP contribution is 2.42. The Kier molecular flexibility index (Phi) is 12.7. The zero-order chi connectivity index (χ0) is 37.0. The van der Waals surface area contributed by atoms with Crippen LogP contribution in [-0.2, 0) is 38.2 Å². The Morgan fingerprint density at radius 3 is 1.78 bits per heavy atom. The van der Waals surface area contributed by atoms with Crippen LogP contribution in [0.25, 0.3) is 0 Å². The van der Waals surface area contributed by atoms with Gasteiger partial charge in [-0.1, -0.05) is 29.8 Å². The second-order valence-electron chi connectivity index (χ2n) is 18.5. The summed E-state index contributed by atoms with van der Waals surface area (Å²) >= 11 is 8.62. The summed E-state index contributed by atoms with van der Waals surface area (Å²) in [5.74, 6) is 0. The molecule has 1 aromatic carbocycles. The molecule has 0 spiro atoms. The number of hydrogen-bond acceptors (Lipinski definition) is 8. The third-order valence-electron chi connectivity index (χ3n) is 8.71. The summed E-state index contributed by atoms with van der Waals surface area (Å²) in [5, 5.41) is 0.723. The van der Waals surface area contributed by atoms with Crippen LogP contribution in [-0.4, -0.2) is 82.6 Å².